The number of nitrogen functional groups attached to an aromatic ring is 1. The molecule has 0 saturated carbocycles. The van der Waals surface area contributed by atoms with Gasteiger partial charge in [0.15, 0.2) is 11.6 Å². The fraction of sp³-hybridized carbons (Fsp3) is 0.500. The molecule has 0 radical (unpaired) electrons. The summed E-state index contributed by atoms with van der Waals surface area (Å²) in [6.07, 6.45) is 0. The van der Waals surface area contributed by atoms with E-state index in [0.717, 1.165) is 10.4 Å². The van der Waals surface area contributed by atoms with Gasteiger partial charge < -0.3 is 10.8 Å². The lowest BCUT2D eigenvalue weighted by Crippen LogP contribution is -2.42. The normalized spacial score (nSPS) is 12.9. The Bertz CT molecular complexity index is 597. The monoisotopic (exact) mass is 308 g/mol. The largest absolute Gasteiger partial charge is 0.399 e. The lowest BCUT2D eigenvalue weighted by molar-refractivity contribution is 0.0601. The molecule has 0 unspecified atom stereocenters. The van der Waals surface area contributed by atoms with Gasteiger partial charge in [-0.05, 0) is 26.0 Å². The molecule has 0 amide bonds. The Morgan fingerprint density at radius 2 is 1.90 bits per heavy atom. The minimum Gasteiger partial charge on any atom is -0.399 e. The molecule has 0 atom stereocenters. The van der Waals surface area contributed by atoms with Crippen LogP contribution < -0.4 is 5.73 Å². The second kappa shape index (κ2) is 5.63. The average Bonchev–Trinajstić information content (AvgIpc) is 2.29. The van der Waals surface area contributed by atoms with Crippen LogP contribution in [0.2, 0.25) is 0 Å². The molecule has 0 fully saturated rings. The van der Waals surface area contributed by atoms with Crippen molar-refractivity contribution in [2.75, 3.05) is 18.8 Å². The van der Waals surface area contributed by atoms with Gasteiger partial charge in [0.1, 0.15) is 4.90 Å². The smallest absolute Gasteiger partial charge is 0.246 e. The molecule has 0 aliphatic rings. The fourth-order valence-electron chi connectivity index (χ4n) is 1.71. The van der Waals surface area contributed by atoms with Gasteiger partial charge in [-0.25, -0.2) is 17.2 Å². The van der Waals surface area contributed by atoms with E-state index >= 15 is 0 Å². The lowest BCUT2D eigenvalue weighted by atomic mass is 10.1. The van der Waals surface area contributed by atoms with Crippen LogP contribution in [0.1, 0.15) is 20.8 Å². The van der Waals surface area contributed by atoms with Gasteiger partial charge in [0.05, 0.1) is 5.60 Å². The molecule has 0 spiro atoms. The van der Waals surface area contributed by atoms with Crippen molar-refractivity contribution in [3.63, 3.8) is 0 Å². The summed E-state index contributed by atoms with van der Waals surface area (Å²) in [7, 11) is -4.28. The summed E-state index contributed by atoms with van der Waals surface area (Å²) in [4.78, 5) is -0.832. The summed E-state index contributed by atoms with van der Waals surface area (Å²) in [6, 6.07) is 1.57. The summed E-state index contributed by atoms with van der Waals surface area (Å²) < 4.78 is 52.5. The standard InChI is InChI=1S/C12H18F2N2O3S/c1-4-16(7-12(2,3)17)20(18,19)10-6-8(15)5-9(13)11(10)14/h5-6,17H,4,7,15H2,1-3H3. The highest BCUT2D eigenvalue weighted by Gasteiger charge is 2.31. The minimum atomic E-state index is -4.28. The molecule has 20 heavy (non-hydrogen) atoms. The van der Waals surface area contributed by atoms with Gasteiger partial charge in [0, 0.05) is 18.8 Å². The highest BCUT2D eigenvalue weighted by molar-refractivity contribution is 7.89. The first-order chi connectivity index (χ1) is 8.99. The number of anilines is 1. The van der Waals surface area contributed by atoms with Crippen LogP contribution in [0.15, 0.2) is 17.0 Å². The lowest BCUT2D eigenvalue weighted by Gasteiger charge is -2.27. The maximum absolute atomic E-state index is 13.7. The molecule has 114 valence electrons. The Morgan fingerprint density at radius 3 is 2.35 bits per heavy atom. The van der Waals surface area contributed by atoms with Crippen LogP contribution >= 0.6 is 0 Å². The summed E-state index contributed by atoms with van der Waals surface area (Å²) in [5, 5.41) is 9.71. The summed E-state index contributed by atoms with van der Waals surface area (Å²) >= 11 is 0. The summed E-state index contributed by atoms with van der Waals surface area (Å²) in [5.74, 6) is -2.81. The molecule has 1 aromatic rings. The number of nitrogens with two attached hydrogens (primary N) is 1. The second-order valence-corrected chi connectivity index (χ2v) is 6.96. The molecule has 0 bridgehead atoms. The van der Waals surface area contributed by atoms with E-state index in [4.69, 9.17) is 5.73 Å². The molecular formula is C12H18F2N2O3S. The van der Waals surface area contributed by atoms with Crippen LogP contribution in [0.5, 0.6) is 0 Å². The van der Waals surface area contributed by atoms with Crippen molar-refractivity contribution in [2.45, 2.75) is 31.3 Å². The number of halogens is 2. The molecule has 5 nitrogen and oxygen atoms in total. The third kappa shape index (κ3) is 3.65. The molecule has 3 N–H and O–H groups in total. The molecule has 0 aliphatic heterocycles. The number of hydrogen-bond donors (Lipinski definition) is 2. The number of nitrogens with zero attached hydrogens (tertiary/aromatic N) is 1. The van der Waals surface area contributed by atoms with Crippen LogP contribution in [0.25, 0.3) is 0 Å². The zero-order valence-corrected chi connectivity index (χ0v) is 12.3. The Labute approximate surface area is 117 Å². The van der Waals surface area contributed by atoms with Gasteiger partial charge >= 0.3 is 0 Å². The molecule has 1 rings (SSSR count). The molecule has 0 saturated heterocycles. The SMILES string of the molecule is CCN(CC(C)(C)O)S(=O)(=O)c1cc(N)cc(F)c1F. The minimum absolute atomic E-state index is 0.00216. The van der Waals surface area contributed by atoms with Crippen LogP contribution in [0.3, 0.4) is 0 Å². The van der Waals surface area contributed by atoms with Crippen molar-refractivity contribution in [1.29, 1.82) is 0 Å². The van der Waals surface area contributed by atoms with Gasteiger partial charge in [-0.1, -0.05) is 6.92 Å². The topological polar surface area (TPSA) is 83.6 Å². The van der Waals surface area contributed by atoms with Crippen molar-refractivity contribution >= 4 is 15.7 Å². The van der Waals surface area contributed by atoms with E-state index in [1.165, 1.54) is 20.8 Å². The van der Waals surface area contributed by atoms with E-state index in [-0.39, 0.29) is 18.8 Å². The highest BCUT2D eigenvalue weighted by Crippen LogP contribution is 2.25. The van der Waals surface area contributed by atoms with E-state index in [2.05, 4.69) is 0 Å². The third-order valence-electron chi connectivity index (χ3n) is 2.55. The van der Waals surface area contributed by atoms with Gasteiger partial charge in [0.25, 0.3) is 0 Å². The molecule has 0 aliphatic carbocycles. The molecule has 1 aromatic carbocycles. The summed E-state index contributed by atoms with van der Waals surface area (Å²) in [5.41, 5.74) is 3.85. The Morgan fingerprint density at radius 1 is 1.35 bits per heavy atom. The molecule has 0 aromatic heterocycles. The fourth-order valence-corrected chi connectivity index (χ4v) is 3.42. The van der Waals surface area contributed by atoms with Gasteiger partial charge in [-0.2, -0.15) is 4.31 Å². The Balaban J connectivity index is 3.35. The van der Waals surface area contributed by atoms with Gasteiger partial charge in [-0.15, -0.1) is 0 Å². The predicted molar refractivity (Wildman–Crippen MR) is 71.5 cm³/mol. The van der Waals surface area contributed by atoms with E-state index in [1.807, 2.05) is 0 Å². The first-order valence-corrected chi connectivity index (χ1v) is 7.40. The van der Waals surface area contributed by atoms with Crippen molar-refractivity contribution < 1.29 is 22.3 Å². The number of aliphatic hydroxyl groups is 1. The maximum atomic E-state index is 13.7. The predicted octanol–water partition coefficient (Wildman–Crippen LogP) is 1.33. The summed E-state index contributed by atoms with van der Waals surface area (Å²) in [6.45, 7) is 4.12. The second-order valence-electron chi connectivity index (χ2n) is 5.06. The molecule has 0 heterocycles. The van der Waals surface area contributed by atoms with Crippen LogP contribution in [0, 0.1) is 11.6 Å². The highest BCUT2D eigenvalue weighted by atomic mass is 32.2. The van der Waals surface area contributed by atoms with E-state index < -0.39 is 32.2 Å². The van der Waals surface area contributed by atoms with Gasteiger partial charge in [-0.3, -0.25) is 0 Å². The first-order valence-electron chi connectivity index (χ1n) is 5.96. The first kappa shape index (κ1) is 16.8. The average molecular weight is 308 g/mol. The number of hydrogen-bond acceptors (Lipinski definition) is 4. The van der Waals surface area contributed by atoms with E-state index in [0.29, 0.717) is 6.07 Å². The van der Waals surface area contributed by atoms with Crippen LogP contribution in [0.4, 0.5) is 14.5 Å². The third-order valence-corrected chi connectivity index (χ3v) is 4.47. The quantitative estimate of drug-likeness (QED) is 0.804. The van der Waals surface area contributed by atoms with Crippen molar-refractivity contribution in [3.05, 3.63) is 23.8 Å². The maximum Gasteiger partial charge on any atom is 0.246 e. The number of benzene rings is 1. The van der Waals surface area contributed by atoms with Crippen molar-refractivity contribution in [3.8, 4) is 0 Å². The number of sulfonamides is 1. The Hall–Kier alpha value is -1.25. The van der Waals surface area contributed by atoms with E-state index in [1.54, 1.807) is 0 Å². The van der Waals surface area contributed by atoms with Crippen LogP contribution in [-0.2, 0) is 10.0 Å². The van der Waals surface area contributed by atoms with Gasteiger partial charge in [0.2, 0.25) is 10.0 Å². The van der Waals surface area contributed by atoms with E-state index in [9.17, 15) is 22.3 Å². The number of likely N-dealkylation sites (N-methyl/N-ethyl adjacent to an activating group) is 1. The number of rotatable bonds is 5. The van der Waals surface area contributed by atoms with Crippen LogP contribution in [-0.4, -0.2) is 36.5 Å². The zero-order chi connectivity index (χ0) is 15.7. The zero-order valence-electron chi connectivity index (χ0n) is 11.5. The van der Waals surface area contributed by atoms with Crippen molar-refractivity contribution in [2.24, 2.45) is 0 Å². The molecular weight excluding hydrogens is 290 g/mol. The Kier molecular flexibility index (Phi) is 4.73. The molecule has 8 heteroatoms. The van der Waals surface area contributed by atoms with Crippen molar-refractivity contribution in [1.82, 2.24) is 4.31 Å².